The van der Waals surface area contributed by atoms with E-state index in [9.17, 15) is 4.79 Å². The van der Waals surface area contributed by atoms with Crippen molar-refractivity contribution in [2.45, 2.75) is 6.54 Å². The summed E-state index contributed by atoms with van der Waals surface area (Å²) in [6, 6.07) is 19.3. The standard InChI is InChI=1S/C18H16BrN3O/c19-15-5-3-4-14(12-15)13-20-18(23)21-16-6-8-17(9-7-16)22-10-1-2-11-22/h1-12H,13H2,(H2,20,21,23). The number of aromatic nitrogens is 1. The fourth-order valence-electron chi connectivity index (χ4n) is 2.23. The van der Waals surface area contributed by atoms with Crippen LogP contribution in [0.3, 0.4) is 0 Å². The summed E-state index contributed by atoms with van der Waals surface area (Å²) in [6.45, 7) is 0.479. The van der Waals surface area contributed by atoms with Gasteiger partial charge >= 0.3 is 6.03 Å². The number of nitrogens with zero attached hydrogens (tertiary/aromatic N) is 1. The van der Waals surface area contributed by atoms with Crippen molar-refractivity contribution in [3.63, 3.8) is 0 Å². The largest absolute Gasteiger partial charge is 0.334 e. The van der Waals surface area contributed by atoms with E-state index in [0.29, 0.717) is 6.54 Å². The first kappa shape index (κ1) is 15.4. The van der Waals surface area contributed by atoms with Gasteiger partial charge in [0.05, 0.1) is 0 Å². The van der Waals surface area contributed by atoms with Gasteiger partial charge in [0.1, 0.15) is 0 Å². The minimum Gasteiger partial charge on any atom is -0.334 e. The third kappa shape index (κ3) is 4.23. The average Bonchev–Trinajstić information content (AvgIpc) is 3.08. The average molecular weight is 370 g/mol. The lowest BCUT2D eigenvalue weighted by atomic mass is 10.2. The Morgan fingerprint density at radius 2 is 1.74 bits per heavy atom. The van der Waals surface area contributed by atoms with Crippen molar-refractivity contribution in [3.8, 4) is 5.69 Å². The van der Waals surface area contributed by atoms with E-state index < -0.39 is 0 Å². The van der Waals surface area contributed by atoms with Gasteiger partial charge in [0.15, 0.2) is 0 Å². The van der Waals surface area contributed by atoms with Gasteiger partial charge in [0.25, 0.3) is 0 Å². The molecule has 0 aliphatic heterocycles. The first-order valence-electron chi connectivity index (χ1n) is 7.23. The molecule has 3 aromatic rings. The molecule has 2 N–H and O–H groups in total. The first-order chi connectivity index (χ1) is 11.2. The minimum absolute atomic E-state index is 0.223. The van der Waals surface area contributed by atoms with Crippen LogP contribution in [0.2, 0.25) is 0 Å². The van der Waals surface area contributed by atoms with Gasteiger partial charge in [0.2, 0.25) is 0 Å². The number of hydrogen-bond donors (Lipinski definition) is 2. The lowest BCUT2D eigenvalue weighted by Gasteiger charge is -2.09. The molecule has 2 aromatic carbocycles. The lowest BCUT2D eigenvalue weighted by molar-refractivity contribution is 0.251. The van der Waals surface area contributed by atoms with Gasteiger partial charge in [-0.2, -0.15) is 0 Å². The number of amides is 2. The molecule has 1 heterocycles. The molecule has 0 saturated carbocycles. The highest BCUT2D eigenvalue weighted by Gasteiger charge is 2.02. The summed E-state index contributed by atoms with van der Waals surface area (Å²) in [5.41, 5.74) is 2.85. The highest BCUT2D eigenvalue weighted by molar-refractivity contribution is 9.10. The van der Waals surface area contributed by atoms with Gasteiger partial charge in [0, 0.05) is 34.8 Å². The van der Waals surface area contributed by atoms with Gasteiger partial charge in [-0.05, 0) is 54.1 Å². The zero-order chi connectivity index (χ0) is 16.1. The van der Waals surface area contributed by atoms with E-state index in [1.165, 1.54) is 0 Å². The van der Waals surface area contributed by atoms with Crippen LogP contribution in [0, 0.1) is 0 Å². The van der Waals surface area contributed by atoms with Crippen LogP contribution in [0.25, 0.3) is 5.69 Å². The molecule has 0 aliphatic rings. The predicted molar refractivity (Wildman–Crippen MR) is 95.8 cm³/mol. The number of halogens is 1. The molecule has 23 heavy (non-hydrogen) atoms. The Kier molecular flexibility index (Phi) is 4.78. The second-order valence-electron chi connectivity index (χ2n) is 5.07. The van der Waals surface area contributed by atoms with Crippen LogP contribution < -0.4 is 10.6 Å². The second kappa shape index (κ2) is 7.15. The molecular weight excluding hydrogens is 354 g/mol. The van der Waals surface area contributed by atoms with E-state index in [4.69, 9.17) is 0 Å². The van der Waals surface area contributed by atoms with Crippen LogP contribution in [0.15, 0.2) is 77.5 Å². The fourth-order valence-corrected chi connectivity index (χ4v) is 2.67. The normalized spacial score (nSPS) is 10.3. The van der Waals surface area contributed by atoms with Crippen LogP contribution in [0.1, 0.15) is 5.56 Å². The van der Waals surface area contributed by atoms with Crippen molar-refractivity contribution in [2.24, 2.45) is 0 Å². The van der Waals surface area contributed by atoms with Gasteiger partial charge in [-0.15, -0.1) is 0 Å². The number of urea groups is 1. The Hall–Kier alpha value is -2.53. The zero-order valence-corrected chi connectivity index (χ0v) is 14.0. The molecule has 2 amide bonds. The van der Waals surface area contributed by atoms with Crippen molar-refractivity contribution in [1.29, 1.82) is 0 Å². The highest BCUT2D eigenvalue weighted by atomic mass is 79.9. The molecule has 0 bridgehead atoms. The Labute approximate surface area is 143 Å². The summed E-state index contributed by atoms with van der Waals surface area (Å²) in [5.74, 6) is 0. The van der Waals surface area contributed by atoms with E-state index in [1.807, 2.05) is 77.6 Å². The Morgan fingerprint density at radius 3 is 2.43 bits per heavy atom. The van der Waals surface area contributed by atoms with E-state index in [2.05, 4.69) is 26.6 Å². The molecular formula is C18H16BrN3O. The predicted octanol–water partition coefficient (Wildman–Crippen LogP) is 4.56. The highest BCUT2D eigenvalue weighted by Crippen LogP contribution is 2.14. The Balaban J connectivity index is 1.55. The third-order valence-electron chi connectivity index (χ3n) is 3.37. The van der Waals surface area contributed by atoms with Gasteiger partial charge in [-0.1, -0.05) is 28.1 Å². The maximum absolute atomic E-state index is 11.9. The molecule has 1 aromatic heterocycles. The smallest absolute Gasteiger partial charge is 0.319 e. The fraction of sp³-hybridized carbons (Fsp3) is 0.0556. The van der Waals surface area contributed by atoms with Crippen molar-refractivity contribution in [3.05, 3.63) is 83.1 Å². The van der Waals surface area contributed by atoms with E-state index >= 15 is 0 Å². The number of hydrogen-bond acceptors (Lipinski definition) is 1. The summed E-state index contributed by atoms with van der Waals surface area (Å²) < 4.78 is 3.01. The van der Waals surface area contributed by atoms with Crippen molar-refractivity contribution in [1.82, 2.24) is 9.88 Å². The van der Waals surface area contributed by atoms with Crippen molar-refractivity contribution in [2.75, 3.05) is 5.32 Å². The molecule has 4 nitrogen and oxygen atoms in total. The number of benzene rings is 2. The summed E-state index contributed by atoms with van der Waals surface area (Å²) in [6.07, 6.45) is 3.96. The van der Waals surface area contributed by atoms with Crippen molar-refractivity contribution >= 4 is 27.6 Å². The van der Waals surface area contributed by atoms with Crippen LogP contribution in [0.4, 0.5) is 10.5 Å². The quantitative estimate of drug-likeness (QED) is 0.695. The van der Waals surface area contributed by atoms with E-state index in [0.717, 1.165) is 21.4 Å². The van der Waals surface area contributed by atoms with Crippen LogP contribution >= 0.6 is 15.9 Å². The van der Waals surface area contributed by atoms with E-state index in [1.54, 1.807) is 0 Å². The zero-order valence-electron chi connectivity index (χ0n) is 12.4. The van der Waals surface area contributed by atoms with Crippen LogP contribution in [0.5, 0.6) is 0 Å². The third-order valence-corrected chi connectivity index (χ3v) is 3.86. The maximum Gasteiger partial charge on any atom is 0.319 e. The van der Waals surface area contributed by atoms with Crippen LogP contribution in [-0.2, 0) is 6.54 Å². The van der Waals surface area contributed by atoms with E-state index in [-0.39, 0.29) is 6.03 Å². The number of carbonyl (C=O) groups is 1. The molecule has 0 unspecified atom stereocenters. The minimum atomic E-state index is -0.223. The second-order valence-corrected chi connectivity index (χ2v) is 5.99. The molecule has 0 spiro atoms. The number of nitrogens with one attached hydrogen (secondary N) is 2. The monoisotopic (exact) mass is 369 g/mol. The maximum atomic E-state index is 11.9. The lowest BCUT2D eigenvalue weighted by Crippen LogP contribution is -2.28. The van der Waals surface area contributed by atoms with Gasteiger partial charge in [-0.3, -0.25) is 0 Å². The van der Waals surface area contributed by atoms with Gasteiger partial charge < -0.3 is 15.2 Å². The Morgan fingerprint density at radius 1 is 1.00 bits per heavy atom. The number of rotatable bonds is 4. The molecule has 0 radical (unpaired) electrons. The summed E-state index contributed by atoms with van der Waals surface area (Å²) in [5, 5.41) is 5.67. The summed E-state index contributed by atoms with van der Waals surface area (Å²) in [7, 11) is 0. The SMILES string of the molecule is O=C(NCc1cccc(Br)c1)Nc1ccc(-n2cccc2)cc1. The summed E-state index contributed by atoms with van der Waals surface area (Å²) >= 11 is 3.42. The Bertz CT molecular complexity index is 782. The number of carbonyl (C=O) groups excluding carboxylic acids is 1. The molecule has 116 valence electrons. The molecule has 0 saturated heterocycles. The molecule has 5 heteroatoms. The summed E-state index contributed by atoms with van der Waals surface area (Å²) in [4.78, 5) is 11.9. The molecule has 0 atom stereocenters. The first-order valence-corrected chi connectivity index (χ1v) is 8.03. The molecule has 0 fully saturated rings. The van der Waals surface area contributed by atoms with Gasteiger partial charge in [-0.25, -0.2) is 4.79 Å². The molecule has 3 rings (SSSR count). The number of anilines is 1. The van der Waals surface area contributed by atoms with Crippen LogP contribution in [-0.4, -0.2) is 10.6 Å². The molecule has 0 aliphatic carbocycles. The van der Waals surface area contributed by atoms with Crippen molar-refractivity contribution < 1.29 is 4.79 Å². The topological polar surface area (TPSA) is 46.1 Å².